The number of rotatable bonds is 7. The number of likely N-dealkylation sites (tertiary alicyclic amines) is 1. The topological polar surface area (TPSA) is 82.4 Å². The van der Waals surface area contributed by atoms with Gasteiger partial charge in [0.1, 0.15) is 5.75 Å². The zero-order chi connectivity index (χ0) is 28.5. The van der Waals surface area contributed by atoms with E-state index in [4.69, 9.17) is 5.26 Å². The molecule has 40 heavy (non-hydrogen) atoms. The van der Waals surface area contributed by atoms with Gasteiger partial charge in [-0.25, -0.2) is 0 Å². The molecule has 210 valence electrons. The normalized spacial score (nSPS) is 21.5. The van der Waals surface area contributed by atoms with Gasteiger partial charge in [-0.3, -0.25) is 9.59 Å². The number of ether oxygens (including phenoxy) is 1. The third kappa shape index (κ3) is 5.32. The molecule has 0 aromatic heterocycles. The number of hydrogen-bond donors (Lipinski definition) is 1. The van der Waals surface area contributed by atoms with Gasteiger partial charge in [0.25, 0.3) is 0 Å². The fourth-order valence-corrected chi connectivity index (χ4v) is 6.46. The number of nitriles is 1. The lowest BCUT2D eigenvalue weighted by Gasteiger charge is -2.48. The van der Waals surface area contributed by atoms with Gasteiger partial charge in [-0.2, -0.15) is 5.26 Å². The SMILES string of the molecule is CCC1C(C2(C(=O)N3CCC[C@@H](C(=O)NCc4ccc(C#N)cc4OC(F)(F)F)C3)CCC2)=Cc2ccccc21. The van der Waals surface area contributed by atoms with E-state index < -0.39 is 23.4 Å². The quantitative estimate of drug-likeness (QED) is 0.453. The summed E-state index contributed by atoms with van der Waals surface area (Å²) in [6.45, 7) is 2.83. The van der Waals surface area contributed by atoms with Gasteiger partial charge in [-0.1, -0.05) is 49.8 Å². The molecule has 9 heteroatoms. The van der Waals surface area contributed by atoms with Gasteiger partial charge in [-0.15, -0.1) is 13.2 Å². The highest BCUT2D eigenvalue weighted by Gasteiger charge is 2.52. The second kappa shape index (κ2) is 11.0. The van der Waals surface area contributed by atoms with Gasteiger partial charge in [0.2, 0.25) is 11.8 Å². The van der Waals surface area contributed by atoms with Gasteiger partial charge in [0.05, 0.1) is 23.0 Å². The molecule has 0 bridgehead atoms. The molecule has 1 N–H and O–H groups in total. The minimum absolute atomic E-state index is 0.0199. The maximum absolute atomic E-state index is 14.1. The number of amides is 2. The van der Waals surface area contributed by atoms with Crippen LogP contribution < -0.4 is 10.1 Å². The molecule has 1 heterocycles. The first kappa shape index (κ1) is 27.8. The molecular formula is C31H32F3N3O3. The number of hydrogen-bond acceptors (Lipinski definition) is 4. The molecule has 1 aliphatic heterocycles. The highest BCUT2D eigenvalue weighted by atomic mass is 19.4. The molecule has 1 saturated heterocycles. The van der Waals surface area contributed by atoms with Gasteiger partial charge in [-0.05, 0) is 60.9 Å². The Bertz CT molecular complexity index is 1370. The average molecular weight is 552 g/mol. The van der Waals surface area contributed by atoms with E-state index in [9.17, 15) is 22.8 Å². The van der Waals surface area contributed by atoms with Crippen LogP contribution in [0.2, 0.25) is 0 Å². The van der Waals surface area contributed by atoms with Gasteiger partial charge < -0.3 is 15.0 Å². The van der Waals surface area contributed by atoms with Gasteiger partial charge in [0.15, 0.2) is 0 Å². The molecule has 0 spiro atoms. The number of fused-ring (bicyclic) bond motifs is 1. The molecule has 6 nitrogen and oxygen atoms in total. The molecule has 2 fully saturated rings. The second-order valence-electron chi connectivity index (χ2n) is 10.9. The Hall–Kier alpha value is -3.80. The molecule has 2 amide bonds. The molecule has 3 aliphatic rings. The zero-order valence-electron chi connectivity index (χ0n) is 22.4. The molecule has 2 aromatic carbocycles. The Morgan fingerprint density at radius 1 is 1.18 bits per heavy atom. The Kier molecular flexibility index (Phi) is 7.63. The summed E-state index contributed by atoms with van der Waals surface area (Å²) in [5.74, 6) is -1.000. The third-order valence-electron chi connectivity index (χ3n) is 8.59. The summed E-state index contributed by atoms with van der Waals surface area (Å²) in [6, 6.07) is 13.8. The molecule has 2 aromatic rings. The van der Waals surface area contributed by atoms with Crippen molar-refractivity contribution in [3.05, 3.63) is 70.3 Å². The lowest BCUT2D eigenvalue weighted by molar-refractivity contribution is -0.274. The van der Waals surface area contributed by atoms with Gasteiger partial charge >= 0.3 is 6.36 Å². The summed E-state index contributed by atoms with van der Waals surface area (Å²) in [5, 5.41) is 11.8. The van der Waals surface area contributed by atoms with E-state index in [1.807, 2.05) is 17.0 Å². The summed E-state index contributed by atoms with van der Waals surface area (Å²) < 4.78 is 42.8. The summed E-state index contributed by atoms with van der Waals surface area (Å²) >= 11 is 0. The number of benzene rings is 2. The summed E-state index contributed by atoms with van der Waals surface area (Å²) in [7, 11) is 0. The zero-order valence-corrected chi connectivity index (χ0v) is 22.4. The first-order chi connectivity index (χ1) is 19.1. The molecule has 2 atom stereocenters. The first-order valence-corrected chi connectivity index (χ1v) is 13.8. The summed E-state index contributed by atoms with van der Waals surface area (Å²) in [6.07, 6.45) is 2.04. The highest BCUT2D eigenvalue weighted by Crippen LogP contribution is 2.57. The van der Waals surface area contributed by atoms with E-state index >= 15 is 0 Å². The van der Waals surface area contributed by atoms with Crippen LogP contribution >= 0.6 is 0 Å². The number of carbonyl (C=O) groups is 2. The largest absolute Gasteiger partial charge is 0.573 e. The van der Waals surface area contributed by atoms with E-state index in [1.165, 1.54) is 28.8 Å². The maximum Gasteiger partial charge on any atom is 0.573 e. The van der Waals surface area contributed by atoms with Crippen molar-refractivity contribution >= 4 is 17.9 Å². The maximum atomic E-state index is 14.1. The fourth-order valence-electron chi connectivity index (χ4n) is 6.46. The predicted molar refractivity (Wildman–Crippen MR) is 143 cm³/mol. The van der Waals surface area contributed by atoms with E-state index in [0.29, 0.717) is 19.4 Å². The van der Waals surface area contributed by atoms with E-state index in [-0.39, 0.29) is 41.9 Å². The van der Waals surface area contributed by atoms with E-state index in [2.05, 4.69) is 35.2 Å². The number of carbonyl (C=O) groups excluding carboxylic acids is 2. The lowest BCUT2D eigenvalue weighted by atomic mass is 9.60. The standard InChI is InChI=1S/C31H32F3N3O3/c1-2-24-25-9-4-3-7-21(25)16-26(24)30(12-6-13-30)29(39)37-14-5-8-23(19-37)28(38)36-18-22-11-10-20(17-35)15-27(22)40-31(32,33)34/h3-4,7,9-11,15-16,23-24H,2,5-6,8,12-14,18-19H2,1H3,(H,36,38)/t23-,24?/m1/s1. The molecule has 0 radical (unpaired) electrons. The van der Waals surface area contributed by atoms with Crippen molar-refractivity contribution in [3.8, 4) is 11.8 Å². The van der Waals surface area contributed by atoms with Crippen molar-refractivity contribution in [2.45, 2.75) is 64.3 Å². The monoisotopic (exact) mass is 551 g/mol. The molecule has 5 rings (SSSR count). The number of piperidine rings is 1. The highest BCUT2D eigenvalue weighted by molar-refractivity contribution is 5.91. The van der Waals surface area contributed by atoms with Crippen molar-refractivity contribution in [1.29, 1.82) is 5.26 Å². The van der Waals surface area contributed by atoms with Crippen LogP contribution in [-0.4, -0.2) is 36.2 Å². The van der Waals surface area contributed by atoms with Crippen LogP contribution in [0.25, 0.3) is 6.08 Å². The van der Waals surface area contributed by atoms with Crippen molar-refractivity contribution < 1.29 is 27.5 Å². The van der Waals surface area contributed by atoms with Crippen molar-refractivity contribution in [3.63, 3.8) is 0 Å². The van der Waals surface area contributed by atoms with Crippen molar-refractivity contribution in [2.24, 2.45) is 11.3 Å². The first-order valence-electron chi connectivity index (χ1n) is 13.8. The second-order valence-corrected chi connectivity index (χ2v) is 10.9. The molecule has 2 aliphatic carbocycles. The van der Waals surface area contributed by atoms with Gasteiger partial charge in [0, 0.05) is 31.1 Å². The van der Waals surface area contributed by atoms with Crippen LogP contribution in [-0.2, 0) is 16.1 Å². The number of nitrogens with zero attached hydrogens (tertiary/aromatic N) is 2. The minimum atomic E-state index is -4.93. The smallest absolute Gasteiger partial charge is 0.405 e. The number of halogens is 3. The average Bonchev–Trinajstić information content (AvgIpc) is 3.29. The third-order valence-corrected chi connectivity index (χ3v) is 8.59. The van der Waals surface area contributed by atoms with Crippen molar-refractivity contribution in [1.82, 2.24) is 10.2 Å². The Labute approximate surface area is 231 Å². The minimum Gasteiger partial charge on any atom is -0.405 e. The molecule has 1 saturated carbocycles. The fraction of sp³-hybridized carbons (Fsp3) is 0.452. The van der Waals surface area contributed by atoms with Crippen LogP contribution in [0.4, 0.5) is 13.2 Å². The molecule has 1 unspecified atom stereocenters. The number of nitrogens with one attached hydrogen (secondary N) is 1. The van der Waals surface area contributed by atoms with E-state index in [0.717, 1.165) is 31.7 Å². The van der Waals surface area contributed by atoms with Crippen LogP contribution in [0.1, 0.15) is 73.6 Å². The summed E-state index contributed by atoms with van der Waals surface area (Å²) in [5.41, 5.74) is 3.23. The van der Waals surface area contributed by atoms with Crippen LogP contribution in [0.15, 0.2) is 48.0 Å². The Morgan fingerprint density at radius 3 is 2.62 bits per heavy atom. The Morgan fingerprint density at radius 2 is 1.95 bits per heavy atom. The van der Waals surface area contributed by atoms with Crippen molar-refractivity contribution in [2.75, 3.05) is 13.1 Å². The lowest BCUT2D eigenvalue weighted by Crippen LogP contribution is -2.53. The van der Waals surface area contributed by atoms with E-state index in [1.54, 1.807) is 6.07 Å². The molecular weight excluding hydrogens is 519 g/mol. The summed E-state index contributed by atoms with van der Waals surface area (Å²) in [4.78, 5) is 29.0. The Balaban J connectivity index is 1.27. The van der Waals surface area contributed by atoms with Crippen LogP contribution in [0.5, 0.6) is 5.75 Å². The van der Waals surface area contributed by atoms with Crippen LogP contribution in [0, 0.1) is 22.7 Å². The van der Waals surface area contributed by atoms with Crippen LogP contribution in [0.3, 0.4) is 0 Å². The predicted octanol–water partition coefficient (Wildman–Crippen LogP) is 6.07. The number of alkyl halides is 3.